The third kappa shape index (κ3) is 3.60. The Balaban J connectivity index is 2.94. The molecule has 1 unspecified atom stereocenters. The van der Waals surface area contributed by atoms with Crippen molar-refractivity contribution in [3.05, 3.63) is 23.7 Å². The molecule has 0 amide bonds. The molecule has 0 fully saturated rings. The van der Waals surface area contributed by atoms with Crippen LogP contribution in [0.5, 0.6) is 0 Å². The SMILES string of the molecule is Cc1ccc(C(C)N(CC(=O)O)C(C)(C)C)o1. The summed E-state index contributed by atoms with van der Waals surface area (Å²) in [6.07, 6.45) is 0. The second-order valence-electron chi connectivity index (χ2n) is 5.32. The number of carboxylic acids is 1. The zero-order chi connectivity index (χ0) is 13.2. The molecule has 0 saturated heterocycles. The average Bonchev–Trinajstić information content (AvgIpc) is 2.58. The molecule has 1 rings (SSSR count). The normalized spacial score (nSPS) is 14.0. The predicted octanol–water partition coefficient (Wildman–Crippen LogP) is 2.83. The second-order valence-corrected chi connectivity index (χ2v) is 5.32. The monoisotopic (exact) mass is 239 g/mol. The summed E-state index contributed by atoms with van der Waals surface area (Å²) in [5.41, 5.74) is -0.224. The molecule has 96 valence electrons. The summed E-state index contributed by atoms with van der Waals surface area (Å²) in [6, 6.07) is 3.74. The maximum atomic E-state index is 10.9. The minimum atomic E-state index is -0.824. The maximum Gasteiger partial charge on any atom is 0.317 e. The van der Waals surface area contributed by atoms with Gasteiger partial charge in [-0.25, -0.2) is 0 Å². The molecule has 0 bridgehead atoms. The van der Waals surface area contributed by atoms with Gasteiger partial charge in [-0.05, 0) is 46.8 Å². The number of furan rings is 1. The van der Waals surface area contributed by atoms with Gasteiger partial charge in [-0.1, -0.05) is 0 Å². The third-order valence-electron chi connectivity index (χ3n) is 2.81. The van der Waals surface area contributed by atoms with Gasteiger partial charge in [0, 0.05) is 5.54 Å². The van der Waals surface area contributed by atoms with E-state index in [1.54, 1.807) is 0 Å². The fourth-order valence-electron chi connectivity index (χ4n) is 1.93. The standard InChI is InChI=1S/C13H21NO3/c1-9-6-7-11(17-9)10(2)14(8-12(15)16)13(3,4)5/h6-7,10H,8H2,1-5H3,(H,15,16). The van der Waals surface area contributed by atoms with Crippen molar-refractivity contribution in [2.75, 3.05) is 6.54 Å². The van der Waals surface area contributed by atoms with Crippen molar-refractivity contribution in [2.45, 2.75) is 46.2 Å². The van der Waals surface area contributed by atoms with Crippen LogP contribution in [-0.4, -0.2) is 28.1 Å². The summed E-state index contributed by atoms with van der Waals surface area (Å²) in [4.78, 5) is 12.8. The van der Waals surface area contributed by atoms with Gasteiger partial charge in [0.1, 0.15) is 11.5 Å². The Morgan fingerprint density at radius 1 is 1.47 bits per heavy atom. The first-order valence-corrected chi connectivity index (χ1v) is 5.76. The lowest BCUT2D eigenvalue weighted by molar-refractivity contribution is -0.140. The highest BCUT2D eigenvalue weighted by molar-refractivity contribution is 5.69. The molecule has 0 aliphatic heterocycles. The highest BCUT2D eigenvalue weighted by Gasteiger charge is 2.30. The molecule has 0 saturated carbocycles. The van der Waals surface area contributed by atoms with Gasteiger partial charge in [0.25, 0.3) is 0 Å². The molecule has 1 atom stereocenters. The fourth-order valence-corrected chi connectivity index (χ4v) is 1.93. The first-order chi connectivity index (χ1) is 7.71. The quantitative estimate of drug-likeness (QED) is 0.877. The Hall–Kier alpha value is -1.29. The number of carboxylic acid groups (broad SMARTS) is 1. The van der Waals surface area contributed by atoms with Crippen molar-refractivity contribution in [1.29, 1.82) is 0 Å². The zero-order valence-electron chi connectivity index (χ0n) is 11.2. The lowest BCUT2D eigenvalue weighted by Crippen LogP contribution is -2.45. The smallest absolute Gasteiger partial charge is 0.317 e. The molecule has 4 heteroatoms. The van der Waals surface area contributed by atoms with E-state index in [0.29, 0.717) is 0 Å². The van der Waals surface area contributed by atoms with Crippen LogP contribution in [-0.2, 0) is 4.79 Å². The van der Waals surface area contributed by atoms with Gasteiger partial charge >= 0.3 is 5.97 Å². The molecule has 0 aliphatic carbocycles. The van der Waals surface area contributed by atoms with Crippen LogP contribution in [0.1, 0.15) is 45.3 Å². The Morgan fingerprint density at radius 3 is 2.41 bits per heavy atom. The number of hydrogen-bond acceptors (Lipinski definition) is 3. The Labute approximate surface area is 102 Å². The van der Waals surface area contributed by atoms with Crippen molar-refractivity contribution in [1.82, 2.24) is 4.90 Å². The van der Waals surface area contributed by atoms with E-state index < -0.39 is 5.97 Å². The van der Waals surface area contributed by atoms with Crippen LogP contribution in [0.25, 0.3) is 0 Å². The van der Waals surface area contributed by atoms with Crippen LogP contribution < -0.4 is 0 Å². The van der Waals surface area contributed by atoms with Crippen LogP contribution in [0.3, 0.4) is 0 Å². The van der Waals surface area contributed by atoms with Gasteiger partial charge in [-0.15, -0.1) is 0 Å². The van der Waals surface area contributed by atoms with Crippen molar-refractivity contribution >= 4 is 5.97 Å². The second kappa shape index (κ2) is 4.92. The van der Waals surface area contributed by atoms with Crippen molar-refractivity contribution < 1.29 is 14.3 Å². The summed E-state index contributed by atoms with van der Waals surface area (Å²) in [5.74, 6) is 0.824. The van der Waals surface area contributed by atoms with E-state index in [4.69, 9.17) is 9.52 Å². The molecule has 0 aromatic carbocycles. The molecular formula is C13H21NO3. The minimum Gasteiger partial charge on any atom is -0.480 e. The molecular weight excluding hydrogens is 218 g/mol. The summed E-state index contributed by atoms with van der Waals surface area (Å²) >= 11 is 0. The lowest BCUT2D eigenvalue weighted by Gasteiger charge is -2.38. The summed E-state index contributed by atoms with van der Waals surface area (Å²) in [5, 5.41) is 8.98. The average molecular weight is 239 g/mol. The van der Waals surface area contributed by atoms with E-state index in [-0.39, 0.29) is 18.1 Å². The first-order valence-electron chi connectivity index (χ1n) is 5.76. The molecule has 0 spiro atoms. The van der Waals surface area contributed by atoms with Gasteiger partial charge in [-0.2, -0.15) is 0 Å². The molecule has 0 radical (unpaired) electrons. The number of nitrogens with zero attached hydrogens (tertiary/aromatic N) is 1. The number of hydrogen-bond donors (Lipinski definition) is 1. The maximum absolute atomic E-state index is 10.9. The highest BCUT2D eigenvalue weighted by atomic mass is 16.4. The fraction of sp³-hybridized carbons (Fsp3) is 0.615. The largest absolute Gasteiger partial charge is 0.480 e. The molecule has 4 nitrogen and oxygen atoms in total. The van der Waals surface area contributed by atoms with Crippen LogP contribution in [0.15, 0.2) is 16.5 Å². The van der Waals surface area contributed by atoms with Crippen LogP contribution in [0.4, 0.5) is 0 Å². The Kier molecular flexibility index (Phi) is 3.98. The van der Waals surface area contributed by atoms with Gasteiger partial charge in [0.05, 0.1) is 12.6 Å². The zero-order valence-corrected chi connectivity index (χ0v) is 11.2. The first kappa shape index (κ1) is 13.8. The van der Waals surface area contributed by atoms with Crippen LogP contribution in [0, 0.1) is 6.92 Å². The predicted molar refractivity (Wildman–Crippen MR) is 66.0 cm³/mol. The third-order valence-corrected chi connectivity index (χ3v) is 2.81. The number of aliphatic carboxylic acids is 1. The van der Waals surface area contributed by atoms with Crippen LogP contribution in [0.2, 0.25) is 0 Å². The minimum absolute atomic E-state index is 0.00438. The molecule has 0 aliphatic rings. The molecule has 1 heterocycles. The summed E-state index contributed by atoms with van der Waals surface area (Å²) < 4.78 is 5.57. The van der Waals surface area contributed by atoms with Gasteiger partial charge in [0.2, 0.25) is 0 Å². The Bertz CT molecular complexity index is 390. The van der Waals surface area contributed by atoms with E-state index in [9.17, 15) is 4.79 Å². The highest BCUT2D eigenvalue weighted by Crippen LogP contribution is 2.28. The molecule has 1 N–H and O–H groups in total. The van der Waals surface area contributed by atoms with Gasteiger partial charge < -0.3 is 9.52 Å². The van der Waals surface area contributed by atoms with E-state index in [0.717, 1.165) is 11.5 Å². The number of rotatable bonds is 4. The number of carbonyl (C=O) groups is 1. The summed E-state index contributed by atoms with van der Waals surface area (Å²) in [7, 11) is 0. The summed E-state index contributed by atoms with van der Waals surface area (Å²) in [6.45, 7) is 9.86. The van der Waals surface area contributed by atoms with E-state index >= 15 is 0 Å². The van der Waals surface area contributed by atoms with Crippen molar-refractivity contribution in [3.8, 4) is 0 Å². The van der Waals surface area contributed by atoms with E-state index in [2.05, 4.69) is 0 Å². The number of aryl methyl sites for hydroxylation is 1. The molecule has 1 aromatic rings. The van der Waals surface area contributed by atoms with E-state index in [1.165, 1.54) is 0 Å². The topological polar surface area (TPSA) is 53.7 Å². The molecule has 17 heavy (non-hydrogen) atoms. The van der Waals surface area contributed by atoms with Gasteiger partial charge in [-0.3, -0.25) is 9.69 Å². The Morgan fingerprint density at radius 2 is 2.06 bits per heavy atom. The molecule has 1 aromatic heterocycles. The van der Waals surface area contributed by atoms with Crippen molar-refractivity contribution in [3.63, 3.8) is 0 Å². The van der Waals surface area contributed by atoms with E-state index in [1.807, 2.05) is 51.7 Å². The van der Waals surface area contributed by atoms with Crippen molar-refractivity contribution in [2.24, 2.45) is 0 Å². The lowest BCUT2D eigenvalue weighted by atomic mass is 10.0. The van der Waals surface area contributed by atoms with Gasteiger partial charge in [0.15, 0.2) is 0 Å². The van der Waals surface area contributed by atoms with Crippen LogP contribution >= 0.6 is 0 Å².